The molecule has 0 aliphatic heterocycles. The largest absolute Gasteiger partial charge is 0.322 e. The lowest BCUT2D eigenvalue weighted by Crippen LogP contribution is -2.14. The lowest BCUT2D eigenvalue weighted by Gasteiger charge is -2.08. The van der Waals surface area contributed by atoms with E-state index in [-0.39, 0.29) is 17.6 Å². The molecule has 1 aromatic heterocycles. The maximum Gasteiger partial charge on any atom is 0.255 e. The maximum absolute atomic E-state index is 13.1. The molecule has 8 heteroatoms. The van der Waals surface area contributed by atoms with E-state index < -0.39 is 5.82 Å². The van der Waals surface area contributed by atoms with Gasteiger partial charge in [-0.05, 0) is 55.0 Å². The molecule has 0 fully saturated rings. The highest BCUT2D eigenvalue weighted by Gasteiger charge is 2.16. The minimum absolute atomic E-state index is 0.137. The summed E-state index contributed by atoms with van der Waals surface area (Å²) in [7, 11) is 0. The molecule has 0 unspecified atom stereocenters. The summed E-state index contributed by atoms with van der Waals surface area (Å²) in [4.78, 5) is 25.7. The predicted molar refractivity (Wildman–Crippen MR) is 139 cm³/mol. The third kappa shape index (κ3) is 6.15. The average molecular weight is 502 g/mol. The summed E-state index contributed by atoms with van der Waals surface area (Å²) in [6.07, 6.45) is 0. The van der Waals surface area contributed by atoms with E-state index in [9.17, 15) is 19.2 Å². The molecule has 3 aromatic carbocycles. The number of thioether (sulfide) groups is 1. The Morgan fingerprint density at radius 3 is 2.49 bits per heavy atom. The normalized spacial score (nSPS) is 10.4. The standard InChI is InChI=1S/C27H20FN3O2S2/c1-17-5-7-18(8-6-17)24-15-35-27(23(24)14-29)31-25(32)16-34-22-4-2-3-21(13-22)30-26(33)19-9-11-20(28)12-10-19/h2-13,15H,16H2,1H3,(H,30,33)(H,31,32). The average Bonchev–Trinajstić information content (AvgIpc) is 3.26. The molecule has 2 amide bonds. The van der Waals surface area contributed by atoms with Gasteiger partial charge in [-0.1, -0.05) is 35.9 Å². The first-order chi connectivity index (χ1) is 16.9. The zero-order valence-corrected chi connectivity index (χ0v) is 20.3. The fourth-order valence-electron chi connectivity index (χ4n) is 3.29. The first-order valence-corrected chi connectivity index (χ1v) is 12.5. The third-order valence-corrected chi connectivity index (χ3v) is 6.98. The van der Waals surface area contributed by atoms with Crippen LogP contribution in [-0.2, 0) is 4.79 Å². The van der Waals surface area contributed by atoms with Crippen LogP contribution in [0, 0.1) is 24.1 Å². The van der Waals surface area contributed by atoms with Gasteiger partial charge in [0.1, 0.15) is 16.9 Å². The quantitative estimate of drug-likeness (QED) is 0.276. The van der Waals surface area contributed by atoms with E-state index >= 15 is 0 Å². The molecule has 4 aromatic rings. The molecule has 35 heavy (non-hydrogen) atoms. The summed E-state index contributed by atoms with van der Waals surface area (Å²) >= 11 is 2.64. The Morgan fingerprint density at radius 2 is 1.77 bits per heavy atom. The molecule has 0 saturated carbocycles. The Bertz CT molecular complexity index is 1410. The number of carbonyl (C=O) groups is 2. The summed E-state index contributed by atoms with van der Waals surface area (Å²) < 4.78 is 13.1. The van der Waals surface area contributed by atoms with Crippen LogP contribution in [0.25, 0.3) is 11.1 Å². The minimum atomic E-state index is -0.408. The van der Waals surface area contributed by atoms with Gasteiger partial charge in [-0.25, -0.2) is 4.39 Å². The van der Waals surface area contributed by atoms with Crippen molar-refractivity contribution in [1.29, 1.82) is 5.26 Å². The van der Waals surface area contributed by atoms with Gasteiger partial charge in [0, 0.05) is 27.1 Å². The Hall–Kier alpha value is -3.93. The van der Waals surface area contributed by atoms with Crippen LogP contribution in [0.1, 0.15) is 21.5 Å². The van der Waals surface area contributed by atoms with Gasteiger partial charge in [-0.3, -0.25) is 9.59 Å². The summed E-state index contributed by atoms with van der Waals surface area (Å²) in [6, 6.07) is 22.5. The number of thiophene rings is 1. The van der Waals surface area contributed by atoms with Crippen molar-refractivity contribution in [2.24, 2.45) is 0 Å². The van der Waals surface area contributed by atoms with Gasteiger partial charge in [-0.2, -0.15) is 5.26 Å². The van der Waals surface area contributed by atoms with Crippen molar-refractivity contribution in [2.45, 2.75) is 11.8 Å². The SMILES string of the molecule is Cc1ccc(-c2csc(NC(=O)CSc3cccc(NC(=O)c4ccc(F)cc4)c3)c2C#N)cc1. The Balaban J connectivity index is 1.37. The fourth-order valence-corrected chi connectivity index (χ4v) is 4.98. The monoisotopic (exact) mass is 501 g/mol. The van der Waals surface area contributed by atoms with Crippen molar-refractivity contribution in [3.8, 4) is 17.2 Å². The van der Waals surface area contributed by atoms with E-state index in [0.29, 0.717) is 21.8 Å². The first kappa shape index (κ1) is 24.2. The predicted octanol–water partition coefficient (Wildman–Crippen LogP) is 6.72. The molecule has 0 saturated heterocycles. The number of nitriles is 1. The van der Waals surface area contributed by atoms with Crippen molar-refractivity contribution in [2.75, 3.05) is 16.4 Å². The smallest absolute Gasteiger partial charge is 0.255 e. The molecule has 0 atom stereocenters. The van der Waals surface area contributed by atoms with Crippen LogP contribution in [0.3, 0.4) is 0 Å². The highest BCUT2D eigenvalue weighted by molar-refractivity contribution is 8.00. The molecule has 5 nitrogen and oxygen atoms in total. The molecule has 0 aliphatic carbocycles. The van der Waals surface area contributed by atoms with Gasteiger partial charge in [-0.15, -0.1) is 23.1 Å². The van der Waals surface area contributed by atoms with Crippen molar-refractivity contribution in [3.05, 3.63) is 101 Å². The topological polar surface area (TPSA) is 82.0 Å². The van der Waals surface area contributed by atoms with Gasteiger partial charge >= 0.3 is 0 Å². The van der Waals surface area contributed by atoms with Crippen molar-refractivity contribution >= 4 is 45.6 Å². The molecule has 0 aliphatic rings. The van der Waals surface area contributed by atoms with Crippen LogP contribution in [-0.4, -0.2) is 17.6 Å². The van der Waals surface area contributed by atoms with Crippen LogP contribution < -0.4 is 10.6 Å². The number of aryl methyl sites for hydroxylation is 1. The lowest BCUT2D eigenvalue weighted by atomic mass is 10.0. The Morgan fingerprint density at radius 1 is 1.03 bits per heavy atom. The second-order valence-corrected chi connectivity index (χ2v) is 9.59. The van der Waals surface area contributed by atoms with Crippen LogP contribution >= 0.6 is 23.1 Å². The summed E-state index contributed by atoms with van der Waals surface area (Å²) in [5.41, 5.74) is 4.22. The number of halogens is 1. The first-order valence-electron chi connectivity index (χ1n) is 10.6. The number of nitrogens with one attached hydrogen (secondary N) is 2. The van der Waals surface area contributed by atoms with Crippen molar-refractivity contribution < 1.29 is 14.0 Å². The Labute approximate surface area is 210 Å². The molecular weight excluding hydrogens is 481 g/mol. The summed E-state index contributed by atoms with van der Waals surface area (Å²) in [5, 5.41) is 17.7. The molecule has 4 rings (SSSR count). The molecule has 0 radical (unpaired) electrons. The number of rotatable bonds is 7. The fraction of sp³-hybridized carbons (Fsp3) is 0.0741. The second-order valence-electron chi connectivity index (χ2n) is 7.66. The second kappa shape index (κ2) is 11.0. The third-order valence-electron chi connectivity index (χ3n) is 5.09. The van der Waals surface area contributed by atoms with Crippen LogP contribution in [0.15, 0.2) is 83.1 Å². The van der Waals surface area contributed by atoms with Crippen LogP contribution in [0.2, 0.25) is 0 Å². The maximum atomic E-state index is 13.1. The van der Waals surface area contributed by atoms with Gasteiger partial charge < -0.3 is 10.6 Å². The number of anilines is 2. The van der Waals surface area contributed by atoms with Crippen LogP contribution in [0.5, 0.6) is 0 Å². The van der Waals surface area contributed by atoms with Gasteiger partial charge in [0.05, 0.1) is 11.3 Å². The minimum Gasteiger partial charge on any atom is -0.322 e. The molecule has 0 bridgehead atoms. The molecular formula is C27H20FN3O2S2. The van der Waals surface area contributed by atoms with Gasteiger partial charge in [0.15, 0.2) is 0 Å². The molecule has 174 valence electrons. The molecule has 2 N–H and O–H groups in total. The van der Waals surface area contributed by atoms with E-state index in [1.807, 2.05) is 42.6 Å². The highest BCUT2D eigenvalue weighted by atomic mass is 32.2. The van der Waals surface area contributed by atoms with Crippen molar-refractivity contribution in [3.63, 3.8) is 0 Å². The van der Waals surface area contributed by atoms with Gasteiger partial charge in [0.25, 0.3) is 5.91 Å². The number of nitrogens with zero attached hydrogens (tertiary/aromatic N) is 1. The van der Waals surface area contributed by atoms with E-state index in [1.165, 1.54) is 47.4 Å². The number of amides is 2. The van der Waals surface area contributed by atoms with E-state index in [4.69, 9.17) is 0 Å². The Kier molecular flexibility index (Phi) is 7.60. The number of hydrogen-bond donors (Lipinski definition) is 2. The van der Waals surface area contributed by atoms with E-state index in [0.717, 1.165) is 21.6 Å². The highest BCUT2D eigenvalue weighted by Crippen LogP contribution is 2.35. The van der Waals surface area contributed by atoms with Crippen molar-refractivity contribution in [1.82, 2.24) is 0 Å². The summed E-state index contributed by atoms with van der Waals surface area (Å²) in [5.74, 6) is -0.854. The van der Waals surface area contributed by atoms with Crippen LogP contribution in [0.4, 0.5) is 15.1 Å². The molecule has 0 spiro atoms. The lowest BCUT2D eigenvalue weighted by molar-refractivity contribution is -0.113. The van der Waals surface area contributed by atoms with E-state index in [1.54, 1.807) is 18.2 Å². The zero-order valence-electron chi connectivity index (χ0n) is 18.7. The summed E-state index contributed by atoms with van der Waals surface area (Å²) in [6.45, 7) is 2.00. The number of benzene rings is 3. The van der Waals surface area contributed by atoms with E-state index in [2.05, 4.69) is 16.7 Å². The zero-order chi connectivity index (χ0) is 24.8. The number of hydrogen-bond acceptors (Lipinski definition) is 5. The van der Waals surface area contributed by atoms with Gasteiger partial charge in [0.2, 0.25) is 5.91 Å². The number of carbonyl (C=O) groups excluding carboxylic acids is 2. The molecule has 1 heterocycles.